The van der Waals surface area contributed by atoms with Crippen LogP contribution < -0.4 is 10.1 Å². The van der Waals surface area contributed by atoms with E-state index < -0.39 is 5.97 Å². The molecule has 140 valence electrons. The van der Waals surface area contributed by atoms with Crippen LogP contribution in [0.5, 0.6) is 5.75 Å². The number of benzene rings is 1. The Labute approximate surface area is 153 Å². The van der Waals surface area contributed by atoms with Gasteiger partial charge in [0.25, 0.3) is 5.91 Å². The number of aromatic nitrogens is 1. The number of nitrogens with zero attached hydrogens (tertiary/aromatic N) is 1. The van der Waals surface area contributed by atoms with Crippen LogP contribution in [-0.4, -0.2) is 28.2 Å². The second kappa shape index (κ2) is 9.08. The number of carboxylic acid groups (broad SMARTS) is 1. The maximum Gasteiger partial charge on any atom is 0.303 e. The second-order valence-corrected chi connectivity index (χ2v) is 6.20. The van der Waals surface area contributed by atoms with Crippen molar-refractivity contribution in [2.75, 3.05) is 6.61 Å². The lowest BCUT2D eigenvalue weighted by Crippen LogP contribution is -2.23. The summed E-state index contributed by atoms with van der Waals surface area (Å²) in [5.41, 5.74) is 3.75. The number of hydrogen-bond donors (Lipinski definition) is 2. The van der Waals surface area contributed by atoms with Crippen LogP contribution in [0.15, 0.2) is 30.3 Å². The highest BCUT2D eigenvalue weighted by molar-refractivity contribution is 5.95. The zero-order valence-electron chi connectivity index (χ0n) is 15.5. The molecule has 26 heavy (non-hydrogen) atoms. The Morgan fingerprint density at radius 3 is 2.46 bits per heavy atom. The Hall–Kier alpha value is -2.76. The van der Waals surface area contributed by atoms with Crippen LogP contribution in [-0.2, 0) is 17.9 Å². The molecule has 1 amide bonds. The minimum atomic E-state index is -0.820. The number of hydrogen-bond acceptors (Lipinski definition) is 3. The van der Waals surface area contributed by atoms with Gasteiger partial charge in [-0.05, 0) is 51.0 Å². The molecule has 6 heteroatoms. The highest BCUT2D eigenvalue weighted by Gasteiger charge is 2.14. The van der Waals surface area contributed by atoms with Gasteiger partial charge in [-0.1, -0.05) is 12.1 Å². The number of carboxylic acids is 1. The number of aryl methyl sites for hydroxylation is 1. The summed E-state index contributed by atoms with van der Waals surface area (Å²) in [6.45, 7) is 7.68. The third-order valence-electron chi connectivity index (χ3n) is 4.31. The Morgan fingerprint density at radius 1 is 1.19 bits per heavy atom. The Balaban J connectivity index is 1.86. The molecule has 1 heterocycles. The van der Waals surface area contributed by atoms with Gasteiger partial charge in [0.15, 0.2) is 0 Å². The molecule has 0 aliphatic rings. The fourth-order valence-corrected chi connectivity index (χ4v) is 2.91. The van der Waals surface area contributed by atoms with Gasteiger partial charge in [-0.25, -0.2) is 0 Å². The predicted octanol–water partition coefficient (Wildman–Crippen LogP) is 3.30. The lowest BCUT2D eigenvalue weighted by molar-refractivity contribution is -0.137. The highest BCUT2D eigenvalue weighted by Crippen LogP contribution is 2.16. The van der Waals surface area contributed by atoms with Crippen LogP contribution in [0.2, 0.25) is 0 Å². The molecule has 0 spiro atoms. The van der Waals surface area contributed by atoms with Crippen LogP contribution in [0, 0.1) is 13.8 Å². The third kappa shape index (κ3) is 5.12. The molecule has 0 aliphatic carbocycles. The Bertz CT molecular complexity index is 763. The van der Waals surface area contributed by atoms with Gasteiger partial charge in [-0.15, -0.1) is 0 Å². The molecule has 2 N–H and O–H groups in total. The molecule has 2 rings (SSSR count). The van der Waals surface area contributed by atoms with Gasteiger partial charge in [0.2, 0.25) is 0 Å². The van der Waals surface area contributed by atoms with Crippen LogP contribution in [0.25, 0.3) is 0 Å². The third-order valence-corrected chi connectivity index (χ3v) is 4.31. The van der Waals surface area contributed by atoms with E-state index in [4.69, 9.17) is 9.84 Å². The van der Waals surface area contributed by atoms with E-state index in [1.807, 2.05) is 44.2 Å². The minimum Gasteiger partial charge on any atom is -0.494 e. The monoisotopic (exact) mass is 358 g/mol. The smallest absolute Gasteiger partial charge is 0.303 e. The first-order valence-corrected chi connectivity index (χ1v) is 8.80. The first-order valence-electron chi connectivity index (χ1n) is 8.80. The molecule has 0 aliphatic heterocycles. The summed E-state index contributed by atoms with van der Waals surface area (Å²) < 4.78 is 7.61. The van der Waals surface area contributed by atoms with Crippen LogP contribution in [0.4, 0.5) is 0 Å². The quantitative estimate of drug-likeness (QED) is 0.674. The van der Waals surface area contributed by atoms with Crippen molar-refractivity contribution in [2.45, 2.75) is 46.7 Å². The lowest BCUT2D eigenvalue weighted by Gasteiger charge is -2.09. The average Bonchev–Trinajstić information content (AvgIpc) is 2.91. The standard InChI is InChI=1S/C20H26N2O4/c1-4-22-14(2)12-18(15(22)3)20(25)21-13-16-7-9-17(10-8-16)26-11-5-6-19(23)24/h7-10,12H,4-6,11,13H2,1-3H3,(H,21,25)(H,23,24). The van der Waals surface area contributed by atoms with E-state index in [0.717, 1.165) is 23.5 Å². The van der Waals surface area contributed by atoms with E-state index in [0.29, 0.717) is 30.9 Å². The molecule has 0 radical (unpaired) electrons. The van der Waals surface area contributed by atoms with E-state index in [1.165, 1.54) is 0 Å². The van der Waals surface area contributed by atoms with Gasteiger partial charge in [0, 0.05) is 30.9 Å². The predicted molar refractivity (Wildman–Crippen MR) is 99.6 cm³/mol. The largest absolute Gasteiger partial charge is 0.494 e. The minimum absolute atomic E-state index is 0.0770. The van der Waals surface area contributed by atoms with Crippen molar-refractivity contribution in [1.82, 2.24) is 9.88 Å². The molecule has 0 bridgehead atoms. The van der Waals surface area contributed by atoms with Crippen LogP contribution in [0.1, 0.15) is 47.1 Å². The fraction of sp³-hybridized carbons (Fsp3) is 0.400. The van der Waals surface area contributed by atoms with Gasteiger partial charge in [0.1, 0.15) is 5.75 Å². The zero-order valence-corrected chi connectivity index (χ0v) is 15.5. The Morgan fingerprint density at radius 2 is 1.88 bits per heavy atom. The lowest BCUT2D eigenvalue weighted by atomic mass is 10.2. The Kier molecular flexibility index (Phi) is 6.83. The summed E-state index contributed by atoms with van der Waals surface area (Å²) in [6.07, 6.45) is 0.575. The zero-order chi connectivity index (χ0) is 19.1. The molecule has 0 saturated carbocycles. The second-order valence-electron chi connectivity index (χ2n) is 6.20. The number of ether oxygens (including phenoxy) is 1. The van der Waals surface area contributed by atoms with Gasteiger partial charge >= 0.3 is 5.97 Å². The van der Waals surface area contributed by atoms with Crippen molar-refractivity contribution < 1.29 is 19.4 Å². The molecule has 6 nitrogen and oxygen atoms in total. The maximum absolute atomic E-state index is 12.4. The molecule has 0 atom stereocenters. The van der Waals surface area contributed by atoms with E-state index >= 15 is 0 Å². The first kappa shape index (κ1) is 19.6. The normalized spacial score (nSPS) is 10.6. The average molecular weight is 358 g/mol. The van der Waals surface area contributed by atoms with Crippen molar-refractivity contribution in [3.05, 3.63) is 52.8 Å². The van der Waals surface area contributed by atoms with Gasteiger partial charge < -0.3 is 19.7 Å². The molecule has 1 aromatic heterocycles. The summed E-state index contributed by atoms with van der Waals surface area (Å²) in [7, 11) is 0. The summed E-state index contributed by atoms with van der Waals surface area (Å²) in [5.74, 6) is -0.205. The van der Waals surface area contributed by atoms with Crippen molar-refractivity contribution in [1.29, 1.82) is 0 Å². The fourth-order valence-electron chi connectivity index (χ4n) is 2.91. The summed E-state index contributed by atoms with van der Waals surface area (Å²) >= 11 is 0. The van der Waals surface area contributed by atoms with Crippen molar-refractivity contribution in [3.63, 3.8) is 0 Å². The van der Waals surface area contributed by atoms with Crippen LogP contribution in [0.3, 0.4) is 0 Å². The van der Waals surface area contributed by atoms with E-state index in [-0.39, 0.29) is 12.3 Å². The number of carbonyl (C=O) groups excluding carboxylic acids is 1. The first-order chi connectivity index (χ1) is 12.4. The molecule has 0 saturated heterocycles. The highest BCUT2D eigenvalue weighted by atomic mass is 16.5. The molecule has 2 aromatic rings. The van der Waals surface area contributed by atoms with E-state index in [1.54, 1.807) is 0 Å². The molecule has 1 aromatic carbocycles. The van der Waals surface area contributed by atoms with Crippen molar-refractivity contribution in [2.24, 2.45) is 0 Å². The molecular weight excluding hydrogens is 332 g/mol. The SMILES string of the molecule is CCn1c(C)cc(C(=O)NCc2ccc(OCCCC(=O)O)cc2)c1C. The summed E-state index contributed by atoms with van der Waals surface area (Å²) in [4.78, 5) is 22.9. The van der Waals surface area contributed by atoms with Crippen LogP contribution >= 0.6 is 0 Å². The number of rotatable bonds is 9. The summed E-state index contributed by atoms with van der Waals surface area (Å²) in [6, 6.07) is 9.35. The van der Waals surface area contributed by atoms with E-state index in [2.05, 4.69) is 16.8 Å². The van der Waals surface area contributed by atoms with Crippen molar-refractivity contribution >= 4 is 11.9 Å². The van der Waals surface area contributed by atoms with E-state index in [9.17, 15) is 9.59 Å². The van der Waals surface area contributed by atoms with Gasteiger partial charge in [-0.2, -0.15) is 0 Å². The molecule has 0 fully saturated rings. The number of nitrogens with one attached hydrogen (secondary N) is 1. The topological polar surface area (TPSA) is 80.6 Å². The number of aliphatic carboxylic acids is 1. The van der Waals surface area contributed by atoms with Gasteiger partial charge in [0.05, 0.1) is 12.2 Å². The molecular formula is C20H26N2O4. The molecule has 0 unspecified atom stereocenters. The maximum atomic E-state index is 12.4. The summed E-state index contributed by atoms with van der Waals surface area (Å²) in [5, 5.41) is 11.5. The van der Waals surface area contributed by atoms with Gasteiger partial charge in [-0.3, -0.25) is 9.59 Å². The number of carbonyl (C=O) groups is 2. The number of amides is 1. The van der Waals surface area contributed by atoms with Crippen molar-refractivity contribution in [3.8, 4) is 5.75 Å².